The molecule has 1 fully saturated rings. The van der Waals surface area contributed by atoms with Gasteiger partial charge in [-0.3, -0.25) is 4.79 Å². The molecule has 1 aliphatic carbocycles. The van der Waals surface area contributed by atoms with Gasteiger partial charge in [-0.25, -0.2) is 9.59 Å². The number of rotatable bonds is 13. The van der Waals surface area contributed by atoms with E-state index in [1.165, 1.54) is 23.8 Å². The molecule has 4 aromatic carbocycles. The van der Waals surface area contributed by atoms with Crippen LogP contribution in [-0.2, 0) is 56.1 Å². The Kier molecular flexibility index (Phi) is 16.0. The second-order valence-corrected chi connectivity index (χ2v) is 19.3. The highest BCUT2D eigenvalue weighted by molar-refractivity contribution is 5.90. The van der Waals surface area contributed by atoms with Crippen molar-refractivity contribution >= 4 is 22.9 Å². The van der Waals surface area contributed by atoms with E-state index >= 15 is 0 Å². The van der Waals surface area contributed by atoms with Crippen molar-refractivity contribution in [2.45, 2.75) is 128 Å². The molecule has 4 heterocycles. The minimum absolute atomic E-state index is 0.0493. The van der Waals surface area contributed by atoms with E-state index in [-0.39, 0.29) is 61.2 Å². The van der Waals surface area contributed by atoms with Gasteiger partial charge in [-0.2, -0.15) is 0 Å². The van der Waals surface area contributed by atoms with E-state index in [4.69, 9.17) is 23.4 Å². The molecule has 0 radical (unpaired) electrons. The van der Waals surface area contributed by atoms with Crippen molar-refractivity contribution in [3.63, 3.8) is 0 Å². The highest BCUT2D eigenvalue weighted by Gasteiger charge is 2.56. The molecule has 3 N–H and O–H groups in total. The lowest BCUT2D eigenvalue weighted by molar-refractivity contribution is -0.201. The average Bonchev–Trinajstić information content (AvgIpc) is 3.34. The summed E-state index contributed by atoms with van der Waals surface area (Å²) in [6.45, 7) is 2.63. The molecule has 11 heteroatoms. The van der Waals surface area contributed by atoms with E-state index in [1.807, 2.05) is 13.0 Å². The Morgan fingerprint density at radius 2 is 1.56 bits per heavy atom. The first-order valence-corrected chi connectivity index (χ1v) is 24.4. The third-order valence-electron chi connectivity index (χ3n) is 14.7. The minimum atomic E-state index is -1.30. The molecule has 9 rings (SSSR count). The fourth-order valence-corrected chi connectivity index (χ4v) is 11.0. The quantitative estimate of drug-likeness (QED) is 0.0586. The Bertz CT molecular complexity index is 2620. The zero-order chi connectivity index (χ0) is 47.8. The van der Waals surface area contributed by atoms with Crippen molar-refractivity contribution in [3.05, 3.63) is 157 Å². The number of ether oxygens (including phenoxy) is 4. The molecule has 1 aromatic heterocycles. The van der Waals surface area contributed by atoms with Gasteiger partial charge in [-0.1, -0.05) is 98.1 Å². The van der Waals surface area contributed by atoms with Crippen LogP contribution in [0.3, 0.4) is 0 Å². The van der Waals surface area contributed by atoms with Crippen molar-refractivity contribution in [3.8, 4) is 5.75 Å². The summed E-state index contributed by atoms with van der Waals surface area (Å²) in [4.78, 5) is 44.0. The molecule has 0 spiro atoms. The van der Waals surface area contributed by atoms with Crippen LogP contribution in [0, 0.1) is 11.8 Å². The number of aliphatic hydroxyl groups is 3. The zero-order valence-corrected chi connectivity index (χ0v) is 39.7. The first-order valence-electron chi connectivity index (χ1n) is 24.4. The van der Waals surface area contributed by atoms with Gasteiger partial charge < -0.3 is 38.7 Å². The normalized spacial score (nSPS) is 22.7. The van der Waals surface area contributed by atoms with Gasteiger partial charge in [0.15, 0.2) is 12.2 Å². The lowest BCUT2D eigenvalue weighted by Crippen LogP contribution is -2.58. The van der Waals surface area contributed by atoms with E-state index in [2.05, 4.69) is 72.8 Å². The summed E-state index contributed by atoms with van der Waals surface area (Å²) in [5.41, 5.74) is 5.35. The van der Waals surface area contributed by atoms with Crippen LogP contribution in [-0.4, -0.2) is 65.9 Å². The number of hydrogen-bond donors (Lipinski definition) is 3. The summed E-state index contributed by atoms with van der Waals surface area (Å²) in [5, 5.41) is 31.8. The predicted molar refractivity (Wildman–Crippen MR) is 259 cm³/mol. The van der Waals surface area contributed by atoms with Crippen molar-refractivity contribution in [1.82, 2.24) is 0 Å². The maximum atomic E-state index is 15.0. The smallest absolute Gasteiger partial charge is 0.340 e. The summed E-state index contributed by atoms with van der Waals surface area (Å²) >= 11 is 0. The van der Waals surface area contributed by atoms with E-state index in [0.717, 1.165) is 56.1 Å². The molecule has 2 bridgehead atoms. The van der Waals surface area contributed by atoms with Gasteiger partial charge in [0, 0.05) is 48.5 Å². The Morgan fingerprint density at radius 3 is 2.28 bits per heavy atom. The van der Waals surface area contributed by atoms with E-state index in [0.29, 0.717) is 53.5 Å². The molecule has 5 aromatic rings. The van der Waals surface area contributed by atoms with E-state index in [1.54, 1.807) is 19.1 Å². The summed E-state index contributed by atoms with van der Waals surface area (Å²) < 4.78 is 32.3. The Morgan fingerprint density at radius 1 is 0.824 bits per heavy atom. The summed E-state index contributed by atoms with van der Waals surface area (Å²) in [6.07, 6.45) is 5.93. The lowest BCUT2D eigenvalue weighted by Gasteiger charge is -2.50. The summed E-state index contributed by atoms with van der Waals surface area (Å²) in [5.74, 6) is -1.66. The fourth-order valence-electron chi connectivity index (χ4n) is 11.0. The third kappa shape index (κ3) is 10.8. The van der Waals surface area contributed by atoms with Crippen LogP contribution in [0.25, 0.3) is 11.0 Å². The van der Waals surface area contributed by atoms with Crippen LogP contribution in [0.5, 0.6) is 5.75 Å². The third-order valence-corrected chi connectivity index (χ3v) is 14.7. The largest absolute Gasteiger partial charge is 0.483 e. The number of fused-ring (bicyclic) bond motifs is 13. The molecule has 1 saturated carbocycles. The number of methoxy groups -OCH3 is 1. The first-order chi connectivity index (χ1) is 33.0. The van der Waals surface area contributed by atoms with Crippen LogP contribution < -0.4 is 10.4 Å². The molecule has 5 unspecified atom stereocenters. The number of carbonyl (C=O) groups excluding carboxylic acids is 2. The maximum absolute atomic E-state index is 15.0. The van der Waals surface area contributed by atoms with Gasteiger partial charge in [0.1, 0.15) is 16.9 Å². The van der Waals surface area contributed by atoms with Gasteiger partial charge in [-0.15, -0.1) is 0 Å². The first kappa shape index (κ1) is 48.9. The van der Waals surface area contributed by atoms with Crippen LogP contribution in [0.4, 0.5) is 0 Å². The van der Waals surface area contributed by atoms with Gasteiger partial charge in [0.2, 0.25) is 0 Å². The molecule has 4 aliphatic rings. The van der Waals surface area contributed by atoms with Crippen molar-refractivity contribution in [2.24, 2.45) is 11.8 Å². The average molecular weight is 927 g/mol. The monoisotopic (exact) mass is 926 g/mol. The van der Waals surface area contributed by atoms with Crippen LogP contribution in [0.1, 0.15) is 128 Å². The van der Waals surface area contributed by atoms with Crippen molar-refractivity contribution in [2.75, 3.05) is 26.9 Å². The summed E-state index contributed by atoms with van der Waals surface area (Å²) in [7, 11) is 1.50. The number of carbonyl (C=O) groups is 2. The van der Waals surface area contributed by atoms with Gasteiger partial charge in [0.25, 0.3) is 0 Å². The number of hydrogen-bond acceptors (Lipinski definition) is 11. The van der Waals surface area contributed by atoms with Gasteiger partial charge >= 0.3 is 17.6 Å². The van der Waals surface area contributed by atoms with Crippen molar-refractivity contribution < 1.29 is 48.3 Å². The number of esters is 2. The van der Waals surface area contributed by atoms with Gasteiger partial charge in [-0.05, 0) is 129 Å². The lowest BCUT2D eigenvalue weighted by atomic mass is 9.71. The molecular formula is C57H66O11. The molecule has 360 valence electrons. The van der Waals surface area contributed by atoms with E-state index in [9.17, 15) is 29.7 Å². The molecule has 3 aliphatic heterocycles. The SMILES string of the molecule is COCC(CCO)c1c(CO)c2ccc3c(c2oc1=O)C1OC(=O)CC(CCc2cccc(Cc4ccccc4)c2)Cc2ccc(cc2)CCC(=C(C)CO)C(=O)OC1C(C)(C1CCCCC1)O3. The van der Waals surface area contributed by atoms with Gasteiger partial charge in [0.05, 0.1) is 25.4 Å². The summed E-state index contributed by atoms with van der Waals surface area (Å²) in [6, 6.07) is 30.8. The second-order valence-electron chi connectivity index (χ2n) is 19.3. The minimum Gasteiger partial charge on any atom is -0.483 e. The van der Waals surface area contributed by atoms with E-state index < -0.39 is 47.9 Å². The molecule has 5 atom stereocenters. The molecule has 68 heavy (non-hydrogen) atoms. The van der Waals surface area contributed by atoms with Crippen LogP contribution >= 0.6 is 0 Å². The number of aliphatic hydroxyl groups excluding tert-OH is 3. The van der Waals surface area contributed by atoms with Crippen LogP contribution in [0.15, 0.2) is 111 Å². The Labute approximate surface area is 399 Å². The second kappa shape index (κ2) is 22.2. The molecule has 0 saturated heterocycles. The molecule has 0 amide bonds. The Balaban J connectivity index is 1.24. The highest BCUT2D eigenvalue weighted by Crippen LogP contribution is 2.52. The zero-order valence-electron chi connectivity index (χ0n) is 39.7. The maximum Gasteiger partial charge on any atom is 0.340 e. The Hall–Kier alpha value is -5.59. The standard InChI is InChI=1S/C57H66O11/c1-36(33-59)45-24-23-37-17-19-40(20-18-37)31-42(22-21-39-13-10-14-41(30-39)29-38-11-6-4-7-12-38)32-49(61)65-53-51-48(68-57(2,54(53)67-55(45)62)44-15-8-5-9-16-44)26-25-46-47(34-60)50(56(63)66-52(46)51)43(27-28-58)35-64-3/h4,6-7,10-14,17-20,25-26,30,42-44,53-54,58-60H,5,8-9,15-16,21-24,27-29,31-35H2,1-3H3. The van der Waals surface area contributed by atoms with Crippen molar-refractivity contribution in [1.29, 1.82) is 0 Å². The molecular weight excluding hydrogens is 861 g/mol. The predicted octanol–water partition coefficient (Wildman–Crippen LogP) is 9.35. The number of aryl methyl sites for hydroxylation is 2. The fraction of sp³-hybridized carbons (Fsp3) is 0.456. The topological polar surface area (TPSA) is 162 Å². The molecule has 11 nitrogen and oxygen atoms in total. The highest BCUT2D eigenvalue weighted by atomic mass is 16.6. The number of benzene rings is 4. The van der Waals surface area contributed by atoms with Crippen LogP contribution in [0.2, 0.25) is 0 Å².